The van der Waals surface area contributed by atoms with Crippen molar-refractivity contribution in [1.29, 1.82) is 0 Å². The van der Waals surface area contributed by atoms with Gasteiger partial charge in [0.1, 0.15) is 0 Å². The monoisotopic (exact) mass is 388 g/mol. The molecule has 0 atom stereocenters. The van der Waals surface area contributed by atoms with E-state index in [1.54, 1.807) is 0 Å². The lowest BCUT2D eigenvalue weighted by Gasteiger charge is -2.13. The summed E-state index contributed by atoms with van der Waals surface area (Å²) in [7, 11) is -3.53. The zero-order chi connectivity index (χ0) is 19.8. The molecule has 4 heteroatoms. The quantitative estimate of drug-likeness (QED) is 0.411. The maximum absolute atomic E-state index is 12.1. The van der Waals surface area contributed by atoms with Gasteiger partial charge < -0.3 is 9.13 Å². The van der Waals surface area contributed by atoms with Gasteiger partial charge in [0.25, 0.3) is 0 Å². The SMILES string of the molecule is CC.CCCP(=O)(CC)CC.CCP(=O)(CC)CCc1ccccc1. The highest BCUT2D eigenvalue weighted by atomic mass is 31.2. The summed E-state index contributed by atoms with van der Waals surface area (Å²) in [5, 5.41) is 0. The molecule has 0 amide bonds. The summed E-state index contributed by atoms with van der Waals surface area (Å²) in [4.78, 5) is 0. The molecule has 0 aliphatic heterocycles. The molecule has 1 rings (SSSR count). The first-order valence-electron chi connectivity index (χ1n) is 10.1. The highest BCUT2D eigenvalue weighted by molar-refractivity contribution is 7.64. The van der Waals surface area contributed by atoms with E-state index in [0.29, 0.717) is 0 Å². The van der Waals surface area contributed by atoms with Crippen LogP contribution in [-0.2, 0) is 15.6 Å². The maximum Gasteiger partial charge on any atom is 0.0875 e. The predicted molar refractivity (Wildman–Crippen MR) is 119 cm³/mol. The summed E-state index contributed by atoms with van der Waals surface area (Å²) in [6, 6.07) is 10.3. The van der Waals surface area contributed by atoms with E-state index in [1.807, 2.05) is 59.7 Å². The van der Waals surface area contributed by atoms with E-state index in [2.05, 4.69) is 19.1 Å². The molecule has 0 unspecified atom stereocenters. The molecule has 0 radical (unpaired) electrons. The normalized spacial score (nSPS) is 11.0. The topological polar surface area (TPSA) is 34.1 Å². The van der Waals surface area contributed by atoms with Gasteiger partial charge in [-0.2, -0.15) is 0 Å². The van der Waals surface area contributed by atoms with Crippen LogP contribution in [0, 0.1) is 0 Å². The van der Waals surface area contributed by atoms with Gasteiger partial charge in [0.2, 0.25) is 0 Å². The number of rotatable bonds is 9. The van der Waals surface area contributed by atoms with Crippen molar-refractivity contribution in [3.63, 3.8) is 0 Å². The van der Waals surface area contributed by atoms with E-state index in [4.69, 9.17) is 0 Å². The Balaban J connectivity index is 0. The largest absolute Gasteiger partial charge is 0.324 e. The highest BCUT2D eigenvalue weighted by Crippen LogP contribution is 2.45. The van der Waals surface area contributed by atoms with Crippen molar-refractivity contribution in [3.8, 4) is 0 Å². The van der Waals surface area contributed by atoms with Crippen molar-refractivity contribution in [2.75, 3.05) is 37.0 Å². The third-order valence-electron chi connectivity index (χ3n) is 4.59. The minimum absolute atomic E-state index is 0.844. The van der Waals surface area contributed by atoms with Crippen LogP contribution in [0.3, 0.4) is 0 Å². The number of benzene rings is 1. The Morgan fingerprint density at radius 3 is 1.40 bits per heavy atom. The molecule has 148 valence electrons. The molecule has 0 saturated heterocycles. The summed E-state index contributed by atoms with van der Waals surface area (Å²) in [5.74, 6) is 0. The number of aryl methyl sites for hydroxylation is 1. The second-order valence-electron chi connectivity index (χ2n) is 6.06. The fraction of sp³-hybridized carbons (Fsp3) is 0.714. The lowest BCUT2D eigenvalue weighted by Crippen LogP contribution is -1.99. The lowest BCUT2D eigenvalue weighted by molar-refractivity contribution is 0.574. The van der Waals surface area contributed by atoms with Crippen LogP contribution in [0.25, 0.3) is 0 Å². The van der Waals surface area contributed by atoms with E-state index in [9.17, 15) is 9.13 Å². The van der Waals surface area contributed by atoms with Gasteiger partial charge in [-0.1, -0.05) is 78.8 Å². The Morgan fingerprint density at radius 1 is 0.680 bits per heavy atom. The minimum atomic E-state index is -1.85. The fourth-order valence-electron chi connectivity index (χ4n) is 2.46. The average Bonchev–Trinajstić information content (AvgIpc) is 2.69. The van der Waals surface area contributed by atoms with E-state index in [0.717, 1.165) is 49.8 Å². The van der Waals surface area contributed by atoms with Gasteiger partial charge in [-0.25, -0.2) is 0 Å². The fourth-order valence-corrected chi connectivity index (χ4v) is 6.10. The zero-order valence-electron chi connectivity index (χ0n) is 17.8. The van der Waals surface area contributed by atoms with Crippen LogP contribution < -0.4 is 0 Å². The number of hydrogen-bond acceptors (Lipinski definition) is 2. The molecular weight excluding hydrogens is 346 g/mol. The smallest absolute Gasteiger partial charge is 0.0875 e. The van der Waals surface area contributed by atoms with Gasteiger partial charge >= 0.3 is 0 Å². The van der Waals surface area contributed by atoms with Gasteiger partial charge in [0.15, 0.2) is 0 Å². The van der Waals surface area contributed by atoms with Crippen molar-refractivity contribution in [2.45, 2.75) is 61.3 Å². The van der Waals surface area contributed by atoms with Gasteiger partial charge in [-0.15, -0.1) is 0 Å². The Hall–Kier alpha value is -0.320. The van der Waals surface area contributed by atoms with Crippen molar-refractivity contribution in [1.82, 2.24) is 0 Å². The van der Waals surface area contributed by atoms with Crippen LogP contribution in [0.4, 0.5) is 0 Å². The molecule has 0 aromatic heterocycles. The standard InChI is InChI=1S/C12H19OP.C7H17OP.C2H6/c1-3-14(13,4-2)11-10-12-8-6-5-7-9-12;1-4-7-9(8,5-2)6-3;1-2/h5-9H,3-4,10-11H2,1-2H3;4-7H2,1-3H3;1-2H3. The predicted octanol–water partition coefficient (Wildman–Crippen LogP) is 7.46. The van der Waals surface area contributed by atoms with Crippen LogP contribution >= 0.6 is 14.3 Å². The highest BCUT2D eigenvalue weighted by Gasteiger charge is 2.16. The van der Waals surface area contributed by atoms with Crippen LogP contribution in [0.2, 0.25) is 0 Å². The summed E-state index contributed by atoms with van der Waals surface area (Å²) in [5.41, 5.74) is 1.30. The second-order valence-corrected chi connectivity index (χ2v) is 13.7. The molecular formula is C21H42O2P2. The van der Waals surface area contributed by atoms with Crippen LogP contribution in [0.5, 0.6) is 0 Å². The molecule has 0 fully saturated rings. The van der Waals surface area contributed by atoms with Crippen LogP contribution in [0.15, 0.2) is 30.3 Å². The van der Waals surface area contributed by atoms with Crippen molar-refractivity contribution < 1.29 is 9.13 Å². The average molecular weight is 389 g/mol. The van der Waals surface area contributed by atoms with Gasteiger partial charge in [-0.05, 0) is 43.1 Å². The van der Waals surface area contributed by atoms with Crippen LogP contribution in [-0.4, -0.2) is 37.0 Å². The van der Waals surface area contributed by atoms with E-state index in [-0.39, 0.29) is 0 Å². The van der Waals surface area contributed by atoms with E-state index < -0.39 is 14.3 Å². The first-order chi connectivity index (χ1) is 11.9. The summed E-state index contributed by atoms with van der Waals surface area (Å²) in [6.45, 7) is 14.2. The molecule has 1 aromatic carbocycles. The minimum Gasteiger partial charge on any atom is -0.324 e. The van der Waals surface area contributed by atoms with Crippen LogP contribution in [0.1, 0.15) is 60.5 Å². The van der Waals surface area contributed by atoms with Gasteiger partial charge in [-0.3, -0.25) is 0 Å². The maximum atomic E-state index is 12.1. The molecule has 0 heterocycles. The van der Waals surface area contributed by atoms with Crippen molar-refractivity contribution in [2.24, 2.45) is 0 Å². The Kier molecular flexibility index (Phi) is 17.1. The van der Waals surface area contributed by atoms with Gasteiger partial charge in [0.05, 0.1) is 14.3 Å². The molecule has 0 aliphatic carbocycles. The summed E-state index contributed by atoms with van der Waals surface area (Å²) in [6.07, 6.45) is 7.30. The second kappa shape index (κ2) is 15.9. The summed E-state index contributed by atoms with van der Waals surface area (Å²) < 4.78 is 23.7. The molecule has 25 heavy (non-hydrogen) atoms. The first-order valence-corrected chi connectivity index (χ1v) is 14.6. The molecule has 2 nitrogen and oxygen atoms in total. The Morgan fingerprint density at radius 2 is 1.08 bits per heavy atom. The molecule has 0 saturated carbocycles. The molecule has 0 aliphatic rings. The van der Waals surface area contributed by atoms with E-state index in [1.165, 1.54) is 5.56 Å². The number of hydrogen-bond donors (Lipinski definition) is 0. The zero-order valence-corrected chi connectivity index (χ0v) is 19.5. The molecule has 0 spiro atoms. The summed E-state index contributed by atoms with van der Waals surface area (Å²) >= 11 is 0. The Labute approximate surface area is 157 Å². The lowest BCUT2D eigenvalue weighted by atomic mass is 10.2. The first kappa shape index (κ1) is 26.9. The van der Waals surface area contributed by atoms with Crippen molar-refractivity contribution in [3.05, 3.63) is 35.9 Å². The third kappa shape index (κ3) is 12.6. The Bertz CT molecular complexity index is 482. The molecule has 0 bridgehead atoms. The molecule has 0 N–H and O–H groups in total. The van der Waals surface area contributed by atoms with Crippen molar-refractivity contribution >= 4 is 14.3 Å². The van der Waals surface area contributed by atoms with Gasteiger partial charge in [0, 0.05) is 12.3 Å². The molecule has 1 aromatic rings. The third-order valence-corrected chi connectivity index (χ3v) is 11.5. The van der Waals surface area contributed by atoms with E-state index >= 15 is 0 Å².